The molecule has 0 unspecified atom stereocenters. The van der Waals surface area contributed by atoms with Gasteiger partial charge in [0.15, 0.2) is 12.4 Å². The van der Waals surface area contributed by atoms with Gasteiger partial charge in [-0.2, -0.15) is 0 Å². The first-order valence-corrected chi connectivity index (χ1v) is 13.0. The van der Waals surface area contributed by atoms with Gasteiger partial charge in [-0.15, -0.1) is 0 Å². The number of nitrogens with zero attached hydrogens (tertiary/aromatic N) is 2. The summed E-state index contributed by atoms with van der Waals surface area (Å²) in [5.74, 6) is 0. The van der Waals surface area contributed by atoms with Crippen LogP contribution in [0.4, 0.5) is 0 Å². The standard InChI is InChI=1S/C30H45N2/c1-5-8-10-12-14-20-31-25-29-24-28(16-17-30(29)26(4)7-3)27-18-22-32(23-19-27)21-15-13-11-9-6-2/h7,16-19,22-25H,5-6,8-15,20-21H2,1-4H3/q+1/b26-7-,31-25?. The van der Waals surface area contributed by atoms with Crippen molar-refractivity contribution in [2.24, 2.45) is 4.99 Å². The van der Waals surface area contributed by atoms with Crippen molar-refractivity contribution in [2.45, 2.75) is 98.4 Å². The maximum atomic E-state index is 4.76. The van der Waals surface area contributed by atoms with Crippen molar-refractivity contribution in [3.8, 4) is 11.1 Å². The third-order valence-electron chi connectivity index (χ3n) is 6.27. The van der Waals surface area contributed by atoms with E-state index in [4.69, 9.17) is 4.99 Å². The Bertz CT molecular complexity index is 830. The van der Waals surface area contributed by atoms with Gasteiger partial charge in [0.2, 0.25) is 0 Å². The zero-order chi connectivity index (χ0) is 23.0. The quantitative estimate of drug-likeness (QED) is 0.152. The molecule has 1 heterocycles. The van der Waals surface area contributed by atoms with E-state index in [1.54, 1.807) is 0 Å². The fourth-order valence-electron chi connectivity index (χ4n) is 4.03. The van der Waals surface area contributed by atoms with Crippen molar-refractivity contribution >= 4 is 11.8 Å². The number of pyridine rings is 1. The Morgan fingerprint density at radius 1 is 0.812 bits per heavy atom. The molecule has 0 saturated carbocycles. The molecule has 0 aliphatic carbocycles. The maximum Gasteiger partial charge on any atom is 0.169 e. The molecule has 0 atom stereocenters. The molecular formula is C30H45N2+. The highest BCUT2D eigenvalue weighted by molar-refractivity contribution is 5.90. The summed E-state index contributed by atoms with van der Waals surface area (Å²) in [6, 6.07) is 11.3. The summed E-state index contributed by atoms with van der Waals surface area (Å²) in [5.41, 5.74) is 6.33. The number of aryl methyl sites for hydroxylation is 1. The first-order chi connectivity index (χ1) is 15.7. The molecule has 2 heteroatoms. The molecule has 0 fully saturated rings. The molecule has 0 bridgehead atoms. The fourth-order valence-corrected chi connectivity index (χ4v) is 4.03. The predicted octanol–water partition coefficient (Wildman–Crippen LogP) is 8.42. The number of hydrogen-bond acceptors (Lipinski definition) is 1. The van der Waals surface area contributed by atoms with E-state index in [-0.39, 0.29) is 0 Å². The Labute approximate surface area is 197 Å². The molecule has 2 aromatic rings. The fraction of sp³-hybridized carbons (Fsp3) is 0.533. The predicted molar refractivity (Wildman–Crippen MR) is 141 cm³/mol. The number of aromatic nitrogens is 1. The third kappa shape index (κ3) is 9.10. The molecule has 0 aliphatic heterocycles. The zero-order valence-corrected chi connectivity index (χ0v) is 21.1. The normalized spacial score (nSPS) is 12.1. The molecule has 174 valence electrons. The largest absolute Gasteiger partial charge is 0.293 e. The highest BCUT2D eigenvalue weighted by atomic mass is 14.9. The van der Waals surface area contributed by atoms with E-state index in [9.17, 15) is 0 Å². The Morgan fingerprint density at radius 2 is 1.47 bits per heavy atom. The van der Waals surface area contributed by atoms with E-state index in [1.807, 2.05) is 0 Å². The lowest BCUT2D eigenvalue weighted by molar-refractivity contribution is -0.697. The molecule has 1 aromatic carbocycles. The SMILES string of the molecule is C/C=C(/C)c1ccc(-c2cc[n+](CCCCCCC)cc2)cc1C=NCCCCCCC. The molecule has 0 N–H and O–H groups in total. The molecule has 0 radical (unpaired) electrons. The molecule has 1 aromatic heterocycles. The van der Waals surface area contributed by atoms with Crippen LogP contribution in [0.5, 0.6) is 0 Å². The van der Waals surface area contributed by atoms with Crippen LogP contribution < -0.4 is 4.57 Å². The smallest absolute Gasteiger partial charge is 0.169 e. The lowest BCUT2D eigenvalue weighted by Crippen LogP contribution is -2.32. The van der Waals surface area contributed by atoms with E-state index in [1.165, 1.54) is 92.0 Å². The van der Waals surface area contributed by atoms with Crippen molar-refractivity contribution < 1.29 is 4.57 Å². The van der Waals surface area contributed by atoms with Gasteiger partial charge in [-0.3, -0.25) is 4.99 Å². The molecule has 2 nitrogen and oxygen atoms in total. The van der Waals surface area contributed by atoms with E-state index in [0.29, 0.717) is 0 Å². The summed E-state index contributed by atoms with van der Waals surface area (Å²) in [6.07, 6.45) is 21.8. The van der Waals surface area contributed by atoms with E-state index < -0.39 is 0 Å². The van der Waals surface area contributed by atoms with Gasteiger partial charge in [0.05, 0.1) is 0 Å². The second-order valence-corrected chi connectivity index (χ2v) is 8.96. The Hall–Kier alpha value is -2.22. The number of rotatable bonds is 15. The highest BCUT2D eigenvalue weighted by Crippen LogP contribution is 2.25. The topological polar surface area (TPSA) is 16.2 Å². The first-order valence-electron chi connectivity index (χ1n) is 13.0. The van der Waals surface area contributed by atoms with Crippen molar-refractivity contribution in [3.05, 3.63) is 59.9 Å². The summed E-state index contributed by atoms with van der Waals surface area (Å²) in [6.45, 7) is 10.9. The second-order valence-electron chi connectivity index (χ2n) is 8.96. The second kappa shape index (κ2) is 15.6. The van der Waals surface area contributed by atoms with Gasteiger partial charge in [0.25, 0.3) is 0 Å². The van der Waals surface area contributed by atoms with Gasteiger partial charge in [-0.25, -0.2) is 4.57 Å². The average molecular weight is 434 g/mol. The third-order valence-corrected chi connectivity index (χ3v) is 6.27. The molecule has 0 saturated heterocycles. The minimum atomic E-state index is 0.922. The van der Waals surface area contributed by atoms with Gasteiger partial charge in [0.1, 0.15) is 6.54 Å². The first kappa shape index (κ1) is 26.0. The highest BCUT2D eigenvalue weighted by Gasteiger charge is 2.08. The van der Waals surface area contributed by atoms with Crippen LogP contribution in [0.15, 0.2) is 53.8 Å². The van der Waals surface area contributed by atoms with E-state index >= 15 is 0 Å². The summed E-state index contributed by atoms with van der Waals surface area (Å²) < 4.78 is 2.31. The number of aliphatic imine (C=N–C) groups is 1. The molecular weight excluding hydrogens is 388 g/mol. The minimum absolute atomic E-state index is 0.922. The summed E-state index contributed by atoms with van der Waals surface area (Å²) >= 11 is 0. The number of benzene rings is 1. The van der Waals surface area contributed by atoms with Gasteiger partial charge in [-0.05, 0) is 55.0 Å². The van der Waals surface area contributed by atoms with E-state index in [0.717, 1.165) is 13.1 Å². The van der Waals surface area contributed by atoms with Crippen LogP contribution in [0.1, 0.15) is 103 Å². The monoisotopic (exact) mass is 433 g/mol. The molecule has 2 rings (SSSR count). The van der Waals surface area contributed by atoms with Crippen LogP contribution in [0, 0.1) is 0 Å². The van der Waals surface area contributed by atoms with Gasteiger partial charge >= 0.3 is 0 Å². The summed E-state index contributed by atoms with van der Waals surface area (Å²) in [4.78, 5) is 4.76. The summed E-state index contributed by atoms with van der Waals surface area (Å²) in [5, 5.41) is 0. The Morgan fingerprint density at radius 3 is 2.12 bits per heavy atom. The maximum absolute atomic E-state index is 4.76. The van der Waals surface area contributed by atoms with Gasteiger partial charge in [0, 0.05) is 36.9 Å². The molecule has 32 heavy (non-hydrogen) atoms. The van der Waals surface area contributed by atoms with Gasteiger partial charge < -0.3 is 0 Å². The lowest BCUT2D eigenvalue weighted by Gasteiger charge is -2.10. The number of hydrogen-bond donors (Lipinski definition) is 0. The van der Waals surface area contributed by atoms with E-state index in [2.05, 4.69) is 87.3 Å². The number of unbranched alkanes of at least 4 members (excludes halogenated alkanes) is 8. The van der Waals surface area contributed by atoms with Crippen LogP contribution in [0.2, 0.25) is 0 Å². The van der Waals surface area contributed by atoms with Crippen LogP contribution in [0.3, 0.4) is 0 Å². The van der Waals surface area contributed by atoms with Crippen LogP contribution in [0.25, 0.3) is 16.7 Å². The number of allylic oxidation sites excluding steroid dienone is 2. The lowest BCUT2D eigenvalue weighted by atomic mass is 9.96. The summed E-state index contributed by atoms with van der Waals surface area (Å²) in [7, 11) is 0. The average Bonchev–Trinajstić information content (AvgIpc) is 2.83. The molecule has 0 amide bonds. The van der Waals surface area contributed by atoms with Crippen LogP contribution in [-0.2, 0) is 6.54 Å². The Kier molecular flexibility index (Phi) is 12.7. The van der Waals surface area contributed by atoms with Crippen LogP contribution >= 0.6 is 0 Å². The molecule has 0 spiro atoms. The molecule has 0 aliphatic rings. The Balaban J connectivity index is 2.05. The zero-order valence-electron chi connectivity index (χ0n) is 21.1. The van der Waals surface area contributed by atoms with Gasteiger partial charge in [-0.1, -0.05) is 77.0 Å². The van der Waals surface area contributed by atoms with Crippen molar-refractivity contribution in [1.29, 1.82) is 0 Å². The van der Waals surface area contributed by atoms with Crippen molar-refractivity contribution in [1.82, 2.24) is 0 Å². The van der Waals surface area contributed by atoms with Crippen LogP contribution in [-0.4, -0.2) is 12.8 Å². The van der Waals surface area contributed by atoms with Crippen molar-refractivity contribution in [2.75, 3.05) is 6.54 Å². The minimum Gasteiger partial charge on any atom is -0.293 e. The van der Waals surface area contributed by atoms with Crippen molar-refractivity contribution in [3.63, 3.8) is 0 Å².